The van der Waals surface area contributed by atoms with Crippen LogP contribution in [-0.2, 0) is 4.79 Å². The molecule has 1 saturated heterocycles. The molecule has 6 nitrogen and oxygen atoms in total. The van der Waals surface area contributed by atoms with Crippen LogP contribution in [0, 0.1) is 24.0 Å². The molecule has 0 atom stereocenters. The summed E-state index contributed by atoms with van der Waals surface area (Å²) in [6, 6.07) is 12.6. The van der Waals surface area contributed by atoms with Crippen LogP contribution in [0.1, 0.15) is 16.7 Å². The average Bonchev–Trinajstić information content (AvgIpc) is 2.86. The van der Waals surface area contributed by atoms with E-state index in [-0.39, 0.29) is 11.6 Å². The number of rotatable bonds is 3. The Hall–Kier alpha value is -2.93. The second-order valence-electron chi connectivity index (χ2n) is 5.96. The minimum absolute atomic E-state index is 0.0388. The van der Waals surface area contributed by atoms with Gasteiger partial charge in [-0.05, 0) is 48.9 Å². The molecule has 7 heteroatoms. The Balaban J connectivity index is 1.94. The van der Waals surface area contributed by atoms with Gasteiger partial charge in [0.25, 0.3) is 11.6 Å². The summed E-state index contributed by atoms with van der Waals surface area (Å²) in [5, 5.41) is 11.7. The van der Waals surface area contributed by atoms with Crippen molar-refractivity contribution in [3.8, 4) is 0 Å². The van der Waals surface area contributed by atoms with Gasteiger partial charge in [0.05, 0.1) is 15.5 Å². The molecule has 0 spiro atoms. The fourth-order valence-electron chi connectivity index (χ4n) is 2.51. The molecule has 1 fully saturated rings. The number of aliphatic imine (C=N–C) groups is 1. The van der Waals surface area contributed by atoms with Crippen LogP contribution in [-0.4, -0.2) is 27.9 Å². The molecule has 0 saturated carbocycles. The zero-order valence-corrected chi connectivity index (χ0v) is 15.4. The highest BCUT2D eigenvalue weighted by Crippen LogP contribution is 2.34. The summed E-state index contributed by atoms with van der Waals surface area (Å²) in [6.07, 6.45) is 1.66. The third kappa shape index (κ3) is 3.52. The highest BCUT2D eigenvalue weighted by molar-refractivity contribution is 8.18. The van der Waals surface area contributed by atoms with Gasteiger partial charge < -0.3 is 0 Å². The van der Waals surface area contributed by atoms with E-state index in [1.807, 2.05) is 31.2 Å². The Labute approximate surface area is 155 Å². The van der Waals surface area contributed by atoms with Crippen molar-refractivity contribution in [2.24, 2.45) is 4.99 Å². The van der Waals surface area contributed by atoms with Crippen LogP contribution in [0.2, 0.25) is 0 Å². The quantitative estimate of drug-likeness (QED) is 0.456. The van der Waals surface area contributed by atoms with E-state index in [1.54, 1.807) is 32.2 Å². The summed E-state index contributed by atoms with van der Waals surface area (Å²) in [7, 11) is 1.67. The van der Waals surface area contributed by atoms with Gasteiger partial charge in [-0.3, -0.25) is 19.8 Å². The average molecular weight is 367 g/mol. The minimum atomic E-state index is -0.419. The fourth-order valence-corrected chi connectivity index (χ4v) is 3.49. The lowest BCUT2D eigenvalue weighted by molar-refractivity contribution is -0.385. The first kappa shape index (κ1) is 17.9. The minimum Gasteiger partial charge on any atom is -0.290 e. The standard InChI is InChI=1S/C19H17N3O3S/c1-12-6-4-5-7-15(12)20-19-21(3)18(23)17(26-19)11-14-9-8-13(2)16(10-14)22(24)25/h4-11H,1-3H3/b17-11+,20-19?. The molecule has 2 aromatic rings. The fraction of sp³-hybridized carbons (Fsp3) is 0.158. The van der Waals surface area contributed by atoms with Crippen LogP contribution in [0.5, 0.6) is 0 Å². The number of carbonyl (C=O) groups excluding carboxylic acids is 1. The second kappa shape index (κ2) is 7.13. The van der Waals surface area contributed by atoms with Crippen molar-refractivity contribution in [2.75, 3.05) is 7.05 Å². The van der Waals surface area contributed by atoms with E-state index in [2.05, 4.69) is 4.99 Å². The largest absolute Gasteiger partial charge is 0.290 e. The van der Waals surface area contributed by atoms with Crippen LogP contribution in [0.25, 0.3) is 6.08 Å². The number of benzene rings is 2. The van der Waals surface area contributed by atoms with E-state index in [4.69, 9.17) is 0 Å². The van der Waals surface area contributed by atoms with Gasteiger partial charge in [-0.25, -0.2) is 4.99 Å². The number of amides is 1. The number of nitro groups is 1. The predicted molar refractivity (Wildman–Crippen MR) is 104 cm³/mol. The van der Waals surface area contributed by atoms with Gasteiger partial charge in [0.2, 0.25) is 0 Å². The Morgan fingerprint density at radius 3 is 2.58 bits per heavy atom. The molecular weight excluding hydrogens is 350 g/mol. The van der Waals surface area contributed by atoms with Crippen molar-refractivity contribution in [1.82, 2.24) is 4.90 Å². The van der Waals surface area contributed by atoms with Gasteiger partial charge >= 0.3 is 0 Å². The Morgan fingerprint density at radius 2 is 1.88 bits per heavy atom. The van der Waals surface area contributed by atoms with Gasteiger partial charge in [0.15, 0.2) is 5.17 Å². The zero-order chi connectivity index (χ0) is 18.8. The third-order valence-electron chi connectivity index (χ3n) is 4.06. The van der Waals surface area contributed by atoms with Crippen molar-refractivity contribution >= 4 is 40.3 Å². The van der Waals surface area contributed by atoms with Crippen LogP contribution < -0.4 is 0 Å². The topological polar surface area (TPSA) is 75.8 Å². The smallest absolute Gasteiger partial charge is 0.272 e. The molecule has 0 bridgehead atoms. The summed E-state index contributed by atoms with van der Waals surface area (Å²) in [5.41, 5.74) is 3.07. The number of amidine groups is 1. The molecule has 1 aliphatic heterocycles. The van der Waals surface area contributed by atoms with Crippen LogP contribution >= 0.6 is 11.8 Å². The molecule has 1 amide bonds. The highest BCUT2D eigenvalue weighted by Gasteiger charge is 2.30. The van der Waals surface area contributed by atoms with E-state index in [9.17, 15) is 14.9 Å². The van der Waals surface area contributed by atoms with Crippen molar-refractivity contribution in [1.29, 1.82) is 0 Å². The van der Waals surface area contributed by atoms with E-state index in [0.29, 0.717) is 21.2 Å². The van der Waals surface area contributed by atoms with E-state index < -0.39 is 4.92 Å². The number of nitrogens with zero attached hydrogens (tertiary/aromatic N) is 3. The Bertz CT molecular complexity index is 966. The maximum absolute atomic E-state index is 12.5. The lowest BCUT2D eigenvalue weighted by atomic mass is 10.1. The molecule has 0 radical (unpaired) electrons. The van der Waals surface area contributed by atoms with E-state index >= 15 is 0 Å². The Morgan fingerprint density at radius 1 is 1.15 bits per heavy atom. The number of aryl methyl sites for hydroxylation is 2. The van der Waals surface area contributed by atoms with Gasteiger partial charge in [-0.2, -0.15) is 0 Å². The molecule has 26 heavy (non-hydrogen) atoms. The molecule has 1 aliphatic rings. The monoisotopic (exact) mass is 367 g/mol. The first-order valence-corrected chi connectivity index (χ1v) is 8.75. The molecular formula is C19H17N3O3S. The normalized spacial score (nSPS) is 17.3. The van der Waals surface area contributed by atoms with Crippen molar-refractivity contribution in [2.45, 2.75) is 13.8 Å². The number of thioether (sulfide) groups is 1. The summed E-state index contributed by atoms with van der Waals surface area (Å²) in [5.74, 6) is -0.175. The molecule has 0 unspecified atom stereocenters. The maximum atomic E-state index is 12.5. The van der Waals surface area contributed by atoms with Gasteiger partial charge in [0, 0.05) is 18.7 Å². The molecule has 2 aromatic carbocycles. The number of hydrogen-bond donors (Lipinski definition) is 0. The number of nitro benzene ring substituents is 1. The lowest BCUT2D eigenvalue weighted by Crippen LogP contribution is -2.23. The molecule has 0 aliphatic carbocycles. The van der Waals surface area contributed by atoms with Gasteiger partial charge in [-0.1, -0.05) is 30.3 Å². The van der Waals surface area contributed by atoms with Gasteiger partial charge in [-0.15, -0.1) is 0 Å². The number of hydrogen-bond acceptors (Lipinski definition) is 5. The SMILES string of the molecule is Cc1ccccc1N=C1S/C(=C/c2ccc(C)c([N+](=O)[O-])c2)C(=O)N1C. The van der Waals surface area contributed by atoms with E-state index in [1.165, 1.54) is 22.7 Å². The molecule has 3 rings (SSSR count). The Kier molecular flexibility index (Phi) is 4.90. The van der Waals surface area contributed by atoms with Crippen LogP contribution in [0.15, 0.2) is 52.4 Å². The predicted octanol–water partition coefficient (Wildman–Crippen LogP) is 4.45. The molecule has 132 valence electrons. The molecule has 1 heterocycles. The second-order valence-corrected chi connectivity index (χ2v) is 6.97. The van der Waals surface area contributed by atoms with Crippen molar-refractivity contribution in [3.05, 3.63) is 74.2 Å². The van der Waals surface area contributed by atoms with Gasteiger partial charge in [0.1, 0.15) is 0 Å². The number of carbonyl (C=O) groups is 1. The maximum Gasteiger partial charge on any atom is 0.272 e. The first-order valence-electron chi connectivity index (χ1n) is 7.94. The number of likely N-dealkylation sites (N-methyl/N-ethyl adjacent to an activating group) is 1. The van der Waals surface area contributed by atoms with Crippen molar-refractivity contribution in [3.63, 3.8) is 0 Å². The lowest BCUT2D eigenvalue weighted by Gasteiger charge is -2.08. The van der Waals surface area contributed by atoms with Crippen LogP contribution in [0.4, 0.5) is 11.4 Å². The summed E-state index contributed by atoms with van der Waals surface area (Å²) in [6.45, 7) is 3.65. The molecule has 0 N–H and O–H groups in total. The summed E-state index contributed by atoms with van der Waals surface area (Å²) < 4.78 is 0. The van der Waals surface area contributed by atoms with Crippen LogP contribution in [0.3, 0.4) is 0 Å². The zero-order valence-electron chi connectivity index (χ0n) is 14.6. The summed E-state index contributed by atoms with van der Waals surface area (Å²) >= 11 is 1.26. The highest BCUT2D eigenvalue weighted by atomic mass is 32.2. The number of para-hydroxylation sites is 1. The van der Waals surface area contributed by atoms with E-state index in [0.717, 1.165) is 11.3 Å². The summed E-state index contributed by atoms with van der Waals surface area (Å²) in [4.78, 5) is 29.7. The van der Waals surface area contributed by atoms with Crippen molar-refractivity contribution < 1.29 is 9.72 Å². The molecule has 0 aromatic heterocycles. The first-order chi connectivity index (χ1) is 12.4. The third-order valence-corrected chi connectivity index (χ3v) is 5.12.